The molecule has 0 spiro atoms. The molecule has 0 saturated heterocycles. The van der Waals surface area contributed by atoms with Crippen LogP contribution in [0.1, 0.15) is 16.9 Å². The SMILES string of the molecule is O=C(NCCCNc1cccnc1)c1n[nH]c(=O)c2ccccc12. The van der Waals surface area contributed by atoms with Gasteiger partial charge in [0.2, 0.25) is 0 Å². The maximum atomic E-state index is 12.3. The van der Waals surface area contributed by atoms with Gasteiger partial charge in [-0.3, -0.25) is 14.6 Å². The van der Waals surface area contributed by atoms with Crippen LogP contribution in [0.5, 0.6) is 0 Å². The van der Waals surface area contributed by atoms with Gasteiger partial charge < -0.3 is 10.6 Å². The van der Waals surface area contributed by atoms with Gasteiger partial charge in [0.25, 0.3) is 11.5 Å². The van der Waals surface area contributed by atoms with Crippen LogP contribution < -0.4 is 16.2 Å². The summed E-state index contributed by atoms with van der Waals surface area (Å²) >= 11 is 0. The number of amides is 1. The summed E-state index contributed by atoms with van der Waals surface area (Å²) in [6, 6.07) is 10.7. The van der Waals surface area contributed by atoms with Gasteiger partial charge in [0.15, 0.2) is 5.69 Å². The first-order valence-corrected chi connectivity index (χ1v) is 7.65. The molecule has 7 heteroatoms. The Morgan fingerprint density at radius 3 is 2.71 bits per heavy atom. The molecule has 0 atom stereocenters. The van der Waals surface area contributed by atoms with Crippen LogP contribution in [0.2, 0.25) is 0 Å². The minimum absolute atomic E-state index is 0.227. The molecular formula is C17H17N5O2. The third-order valence-electron chi connectivity index (χ3n) is 3.54. The largest absolute Gasteiger partial charge is 0.384 e. The van der Waals surface area contributed by atoms with E-state index < -0.39 is 0 Å². The first-order valence-electron chi connectivity index (χ1n) is 7.65. The smallest absolute Gasteiger partial charge is 0.272 e. The van der Waals surface area contributed by atoms with E-state index in [1.54, 1.807) is 36.7 Å². The van der Waals surface area contributed by atoms with Crippen LogP contribution >= 0.6 is 0 Å². The van der Waals surface area contributed by atoms with Crippen molar-refractivity contribution in [3.05, 3.63) is 64.8 Å². The molecule has 0 fully saturated rings. The van der Waals surface area contributed by atoms with Crippen molar-refractivity contribution in [2.45, 2.75) is 6.42 Å². The number of nitrogens with zero attached hydrogens (tertiary/aromatic N) is 2. The van der Waals surface area contributed by atoms with Crippen molar-refractivity contribution < 1.29 is 4.79 Å². The number of fused-ring (bicyclic) bond motifs is 1. The highest BCUT2D eigenvalue weighted by molar-refractivity contribution is 6.04. The number of hydrogen-bond acceptors (Lipinski definition) is 5. The number of anilines is 1. The van der Waals surface area contributed by atoms with Gasteiger partial charge in [0, 0.05) is 30.9 Å². The Morgan fingerprint density at radius 2 is 1.92 bits per heavy atom. The van der Waals surface area contributed by atoms with Crippen molar-refractivity contribution in [1.29, 1.82) is 0 Å². The number of carbonyl (C=O) groups is 1. The van der Waals surface area contributed by atoms with E-state index in [9.17, 15) is 9.59 Å². The predicted molar refractivity (Wildman–Crippen MR) is 92.0 cm³/mol. The van der Waals surface area contributed by atoms with E-state index in [0.29, 0.717) is 23.9 Å². The summed E-state index contributed by atoms with van der Waals surface area (Å²) in [5.74, 6) is -0.302. The maximum Gasteiger partial charge on any atom is 0.272 e. The van der Waals surface area contributed by atoms with Crippen LogP contribution in [0.4, 0.5) is 5.69 Å². The summed E-state index contributed by atoms with van der Waals surface area (Å²) in [5.41, 5.74) is 0.866. The molecule has 0 aliphatic heterocycles. The summed E-state index contributed by atoms with van der Waals surface area (Å²) in [6.45, 7) is 1.22. The van der Waals surface area contributed by atoms with Crippen molar-refractivity contribution >= 4 is 22.4 Å². The average molecular weight is 323 g/mol. The van der Waals surface area contributed by atoms with Crippen LogP contribution in [0.15, 0.2) is 53.6 Å². The highest BCUT2D eigenvalue weighted by Crippen LogP contribution is 2.12. The molecule has 0 saturated carbocycles. The second-order valence-corrected chi connectivity index (χ2v) is 5.22. The number of pyridine rings is 1. The van der Waals surface area contributed by atoms with E-state index in [4.69, 9.17) is 0 Å². The Balaban J connectivity index is 1.56. The molecular weight excluding hydrogens is 306 g/mol. The zero-order chi connectivity index (χ0) is 16.8. The number of nitrogens with one attached hydrogen (secondary N) is 3. The lowest BCUT2D eigenvalue weighted by atomic mass is 10.1. The van der Waals surface area contributed by atoms with E-state index in [1.807, 2.05) is 12.1 Å². The van der Waals surface area contributed by atoms with Gasteiger partial charge in [0.1, 0.15) is 0 Å². The van der Waals surface area contributed by atoms with Crippen molar-refractivity contribution in [3.8, 4) is 0 Å². The molecule has 0 bridgehead atoms. The Labute approximate surface area is 138 Å². The van der Waals surface area contributed by atoms with Crippen LogP contribution in [-0.2, 0) is 0 Å². The van der Waals surface area contributed by atoms with E-state index in [-0.39, 0.29) is 17.2 Å². The summed E-state index contributed by atoms with van der Waals surface area (Å²) in [4.78, 5) is 28.0. The lowest BCUT2D eigenvalue weighted by Gasteiger charge is -2.08. The van der Waals surface area contributed by atoms with Gasteiger partial charge in [-0.15, -0.1) is 0 Å². The monoisotopic (exact) mass is 323 g/mol. The van der Waals surface area contributed by atoms with E-state index >= 15 is 0 Å². The molecule has 0 aliphatic rings. The molecule has 3 N–H and O–H groups in total. The zero-order valence-corrected chi connectivity index (χ0v) is 13.0. The molecule has 24 heavy (non-hydrogen) atoms. The lowest BCUT2D eigenvalue weighted by molar-refractivity contribution is 0.0949. The van der Waals surface area contributed by atoms with Crippen molar-refractivity contribution in [1.82, 2.24) is 20.5 Å². The topological polar surface area (TPSA) is 99.8 Å². The molecule has 1 aromatic carbocycles. The second-order valence-electron chi connectivity index (χ2n) is 5.22. The van der Waals surface area contributed by atoms with Crippen LogP contribution in [-0.4, -0.2) is 34.2 Å². The number of H-pyrrole nitrogens is 1. The fourth-order valence-electron chi connectivity index (χ4n) is 2.36. The number of rotatable bonds is 6. The summed E-state index contributed by atoms with van der Waals surface area (Å²) < 4.78 is 0. The molecule has 0 radical (unpaired) electrons. The molecule has 0 aliphatic carbocycles. The number of aromatic nitrogens is 3. The first kappa shape index (κ1) is 15.7. The molecule has 2 aromatic heterocycles. The second kappa shape index (κ2) is 7.36. The lowest BCUT2D eigenvalue weighted by Crippen LogP contribution is -2.28. The van der Waals surface area contributed by atoms with Gasteiger partial charge in [-0.2, -0.15) is 5.10 Å². The van der Waals surface area contributed by atoms with Gasteiger partial charge in [0.05, 0.1) is 11.1 Å². The highest BCUT2D eigenvalue weighted by atomic mass is 16.2. The molecule has 1 amide bonds. The minimum Gasteiger partial charge on any atom is -0.384 e. The maximum absolute atomic E-state index is 12.3. The summed E-state index contributed by atoms with van der Waals surface area (Å²) in [6.07, 6.45) is 4.21. The zero-order valence-electron chi connectivity index (χ0n) is 13.0. The molecule has 3 aromatic rings. The van der Waals surface area contributed by atoms with E-state index in [0.717, 1.165) is 12.1 Å². The number of benzene rings is 1. The molecule has 122 valence electrons. The predicted octanol–water partition coefficient (Wildman–Crippen LogP) is 1.55. The van der Waals surface area contributed by atoms with Crippen LogP contribution in [0.3, 0.4) is 0 Å². The standard InChI is InChI=1S/C17H17N5O2/c23-16-14-7-2-1-6-13(14)15(21-22-16)17(24)20-10-4-9-19-12-5-3-8-18-11-12/h1-3,5-8,11,19H,4,9-10H2,(H,20,24)(H,22,23). The highest BCUT2D eigenvalue weighted by Gasteiger charge is 2.13. The third-order valence-corrected chi connectivity index (χ3v) is 3.54. The summed E-state index contributed by atoms with van der Waals surface area (Å²) in [7, 11) is 0. The molecule has 2 heterocycles. The van der Waals surface area contributed by atoms with Crippen LogP contribution in [0.25, 0.3) is 10.8 Å². The Bertz CT molecular complexity index is 892. The molecule has 7 nitrogen and oxygen atoms in total. The Morgan fingerprint density at radius 1 is 1.08 bits per heavy atom. The molecule has 3 rings (SSSR count). The van der Waals surface area contributed by atoms with Crippen molar-refractivity contribution in [2.75, 3.05) is 18.4 Å². The normalized spacial score (nSPS) is 10.5. The van der Waals surface area contributed by atoms with E-state index in [2.05, 4.69) is 25.8 Å². The van der Waals surface area contributed by atoms with Crippen LogP contribution in [0, 0.1) is 0 Å². The van der Waals surface area contributed by atoms with Gasteiger partial charge in [-0.25, -0.2) is 5.10 Å². The molecule has 0 unspecified atom stereocenters. The number of carbonyl (C=O) groups excluding carboxylic acids is 1. The van der Waals surface area contributed by atoms with Crippen molar-refractivity contribution in [2.24, 2.45) is 0 Å². The third kappa shape index (κ3) is 3.57. The Hall–Kier alpha value is -3.22. The van der Waals surface area contributed by atoms with E-state index in [1.165, 1.54) is 0 Å². The Kier molecular flexibility index (Phi) is 4.81. The number of aromatic amines is 1. The quantitative estimate of drug-likeness (QED) is 0.598. The van der Waals surface area contributed by atoms with Gasteiger partial charge in [-0.05, 0) is 24.6 Å². The fourth-order valence-corrected chi connectivity index (χ4v) is 2.36. The average Bonchev–Trinajstić information content (AvgIpc) is 2.63. The number of hydrogen-bond donors (Lipinski definition) is 3. The first-order chi connectivity index (χ1) is 11.8. The summed E-state index contributed by atoms with van der Waals surface area (Å²) in [5, 5.41) is 13.3. The minimum atomic E-state index is -0.303. The van der Waals surface area contributed by atoms with Gasteiger partial charge in [-0.1, -0.05) is 18.2 Å². The van der Waals surface area contributed by atoms with Gasteiger partial charge >= 0.3 is 0 Å². The fraction of sp³-hybridized carbons (Fsp3) is 0.176. The van der Waals surface area contributed by atoms with Crippen molar-refractivity contribution in [3.63, 3.8) is 0 Å².